The summed E-state index contributed by atoms with van der Waals surface area (Å²) in [5, 5.41) is 10.7. The molecule has 0 spiro atoms. The largest absolute Gasteiger partial charge is 0.355 e. The Balaban J connectivity index is 1.66. The molecule has 0 unspecified atom stereocenters. The molecule has 3 aromatic carbocycles. The second-order valence-electron chi connectivity index (χ2n) is 6.39. The molecule has 0 heterocycles. The van der Waals surface area contributed by atoms with Crippen molar-refractivity contribution in [1.82, 2.24) is 5.43 Å². The summed E-state index contributed by atoms with van der Waals surface area (Å²) in [6.45, 7) is 1.93. The first-order chi connectivity index (χ1) is 14.4. The summed E-state index contributed by atoms with van der Waals surface area (Å²) in [7, 11) is 0. The fraction of sp³-hybridized carbons (Fsp3) is 0.0455. The molecule has 0 fully saturated rings. The van der Waals surface area contributed by atoms with Crippen LogP contribution < -0.4 is 16.1 Å². The maximum Gasteiger partial charge on any atom is 0.329 e. The molecule has 0 aromatic heterocycles. The number of hydrogen-bond acceptors (Lipinski definition) is 4. The van der Waals surface area contributed by atoms with E-state index in [-0.39, 0.29) is 0 Å². The van der Waals surface area contributed by atoms with Gasteiger partial charge in [-0.25, -0.2) is 5.43 Å². The highest BCUT2D eigenvalue weighted by atomic mass is 35.5. The molecule has 0 aliphatic rings. The third-order valence-electron chi connectivity index (χ3n) is 4.00. The number of halogens is 2. The molecule has 3 N–H and O–H groups in total. The zero-order valence-corrected chi connectivity index (χ0v) is 17.5. The van der Waals surface area contributed by atoms with Crippen molar-refractivity contribution in [2.45, 2.75) is 6.92 Å². The Bertz CT molecular complexity index is 1100. The van der Waals surface area contributed by atoms with E-state index in [2.05, 4.69) is 21.2 Å². The van der Waals surface area contributed by atoms with Crippen molar-refractivity contribution in [3.05, 3.63) is 87.9 Å². The number of carbonyl (C=O) groups excluding carboxylic acids is 2. The van der Waals surface area contributed by atoms with Gasteiger partial charge in [-0.1, -0.05) is 47.0 Å². The monoisotopic (exact) mass is 440 g/mol. The van der Waals surface area contributed by atoms with Crippen LogP contribution in [0.3, 0.4) is 0 Å². The number of hydrogen-bond donors (Lipinski definition) is 3. The van der Waals surface area contributed by atoms with Gasteiger partial charge >= 0.3 is 11.8 Å². The minimum Gasteiger partial charge on any atom is -0.355 e. The van der Waals surface area contributed by atoms with Gasteiger partial charge in [-0.3, -0.25) is 9.59 Å². The van der Waals surface area contributed by atoms with Crippen LogP contribution in [0.4, 0.5) is 17.1 Å². The summed E-state index contributed by atoms with van der Waals surface area (Å²) in [4.78, 5) is 24.0. The van der Waals surface area contributed by atoms with E-state index in [4.69, 9.17) is 23.2 Å². The quantitative estimate of drug-likeness (QED) is 0.292. The Morgan fingerprint density at radius 2 is 1.60 bits per heavy atom. The van der Waals surface area contributed by atoms with Gasteiger partial charge < -0.3 is 10.6 Å². The molecule has 3 aromatic rings. The summed E-state index contributed by atoms with van der Waals surface area (Å²) in [6.07, 6.45) is 1.40. The summed E-state index contributed by atoms with van der Waals surface area (Å²) < 4.78 is 0. The molecule has 0 saturated carbocycles. The van der Waals surface area contributed by atoms with Crippen molar-refractivity contribution < 1.29 is 9.59 Å². The molecule has 0 atom stereocenters. The fourth-order valence-electron chi connectivity index (χ4n) is 2.51. The zero-order chi connectivity index (χ0) is 21.5. The lowest BCUT2D eigenvalue weighted by Crippen LogP contribution is -2.32. The highest BCUT2D eigenvalue weighted by Crippen LogP contribution is 2.24. The van der Waals surface area contributed by atoms with Crippen molar-refractivity contribution in [3.63, 3.8) is 0 Å². The van der Waals surface area contributed by atoms with Crippen LogP contribution in [0.15, 0.2) is 71.8 Å². The standard InChI is InChI=1S/C22H18Cl2N4O2/c1-14-5-8-18(9-6-14)27-21(29)22(30)28-25-13-15-11-17(24)7-10-20(15)26-19-4-2-3-16(23)12-19/h2-13,26H,1H3,(H,27,29)(H,28,30)/b25-13-. The number of anilines is 3. The molecule has 6 nitrogen and oxygen atoms in total. The number of benzene rings is 3. The molecular formula is C22H18Cl2N4O2. The Morgan fingerprint density at radius 3 is 2.33 bits per heavy atom. The van der Waals surface area contributed by atoms with Crippen LogP contribution in [0.2, 0.25) is 10.0 Å². The molecule has 2 amide bonds. The van der Waals surface area contributed by atoms with Crippen LogP contribution in [0.5, 0.6) is 0 Å². The smallest absolute Gasteiger partial charge is 0.329 e. The van der Waals surface area contributed by atoms with Gasteiger partial charge in [-0.05, 0) is 55.5 Å². The molecule has 0 radical (unpaired) electrons. The van der Waals surface area contributed by atoms with E-state index in [0.717, 1.165) is 11.3 Å². The maximum absolute atomic E-state index is 12.0. The van der Waals surface area contributed by atoms with Crippen LogP contribution in [-0.2, 0) is 9.59 Å². The molecular weight excluding hydrogens is 423 g/mol. The van der Waals surface area contributed by atoms with Crippen LogP contribution in [0.1, 0.15) is 11.1 Å². The molecule has 0 saturated heterocycles. The summed E-state index contributed by atoms with van der Waals surface area (Å²) in [5.74, 6) is -1.71. The van der Waals surface area contributed by atoms with Gasteiger partial charge in [0.25, 0.3) is 0 Å². The molecule has 0 aliphatic carbocycles. The van der Waals surface area contributed by atoms with Gasteiger partial charge in [0.2, 0.25) is 0 Å². The SMILES string of the molecule is Cc1ccc(NC(=O)C(=O)N/N=C\c2cc(Cl)ccc2Nc2cccc(Cl)c2)cc1. The highest BCUT2D eigenvalue weighted by Gasteiger charge is 2.12. The Labute approximate surface area is 183 Å². The third kappa shape index (κ3) is 6.07. The molecule has 152 valence electrons. The minimum absolute atomic E-state index is 0.497. The summed E-state index contributed by atoms with van der Waals surface area (Å²) in [6, 6.07) is 19.5. The first-order valence-electron chi connectivity index (χ1n) is 8.94. The predicted molar refractivity (Wildman–Crippen MR) is 122 cm³/mol. The summed E-state index contributed by atoms with van der Waals surface area (Å²) in [5.41, 5.74) is 5.87. The number of nitrogens with zero attached hydrogens (tertiary/aromatic N) is 1. The topological polar surface area (TPSA) is 82.6 Å². The van der Waals surface area contributed by atoms with Crippen molar-refractivity contribution in [1.29, 1.82) is 0 Å². The second kappa shape index (κ2) is 9.91. The lowest BCUT2D eigenvalue weighted by molar-refractivity contribution is -0.136. The van der Waals surface area contributed by atoms with Crippen molar-refractivity contribution >= 4 is 58.3 Å². The number of hydrazone groups is 1. The lowest BCUT2D eigenvalue weighted by Gasteiger charge is -2.10. The molecule has 8 heteroatoms. The van der Waals surface area contributed by atoms with Crippen molar-refractivity contribution in [2.75, 3.05) is 10.6 Å². The van der Waals surface area contributed by atoms with Crippen LogP contribution in [-0.4, -0.2) is 18.0 Å². The fourth-order valence-corrected chi connectivity index (χ4v) is 2.88. The number of amides is 2. The Kier molecular flexibility index (Phi) is 7.06. The lowest BCUT2D eigenvalue weighted by atomic mass is 10.2. The number of aryl methyl sites for hydroxylation is 1. The minimum atomic E-state index is -0.891. The normalized spacial score (nSPS) is 10.6. The average molecular weight is 441 g/mol. The predicted octanol–water partition coefficient (Wildman–Crippen LogP) is 5.13. The Morgan fingerprint density at radius 1 is 0.867 bits per heavy atom. The van der Waals surface area contributed by atoms with E-state index >= 15 is 0 Å². The van der Waals surface area contributed by atoms with Crippen LogP contribution in [0, 0.1) is 6.92 Å². The van der Waals surface area contributed by atoms with Gasteiger partial charge in [0.05, 0.1) is 6.21 Å². The first kappa shape index (κ1) is 21.4. The maximum atomic E-state index is 12.0. The van der Waals surface area contributed by atoms with Crippen LogP contribution in [0.25, 0.3) is 0 Å². The van der Waals surface area contributed by atoms with E-state index < -0.39 is 11.8 Å². The molecule has 3 rings (SSSR count). The number of carbonyl (C=O) groups is 2. The van der Waals surface area contributed by atoms with Gasteiger partial charge in [0, 0.05) is 32.7 Å². The third-order valence-corrected chi connectivity index (χ3v) is 4.47. The van der Waals surface area contributed by atoms with Gasteiger partial charge in [-0.2, -0.15) is 5.10 Å². The van der Waals surface area contributed by atoms with Crippen molar-refractivity contribution in [2.24, 2.45) is 5.10 Å². The van der Waals surface area contributed by atoms with Gasteiger partial charge in [-0.15, -0.1) is 0 Å². The Hall–Kier alpha value is -3.35. The second-order valence-corrected chi connectivity index (χ2v) is 7.26. The zero-order valence-electron chi connectivity index (χ0n) is 15.9. The van der Waals surface area contributed by atoms with Gasteiger partial charge in [0.15, 0.2) is 0 Å². The molecule has 30 heavy (non-hydrogen) atoms. The molecule has 0 aliphatic heterocycles. The van der Waals surface area contributed by atoms with Gasteiger partial charge in [0.1, 0.15) is 0 Å². The number of rotatable bonds is 5. The number of nitrogens with one attached hydrogen (secondary N) is 3. The van der Waals surface area contributed by atoms with E-state index in [1.165, 1.54) is 6.21 Å². The van der Waals surface area contributed by atoms with E-state index in [9.17, 15) is 9.59 Å². The first-order valence-corrected chi connectivity index (χ1v) is 9.69. The summed E-state index contributed by atoms with van der Waals surface area (Å²) >= 11 is 12.1. The van der Waals surface area contributed by atoms with E-state index in [1.807, 2.05) is 31.2 Å². The average Bonchev–Trinajstić information content (AvgIpc) is 2.71. The molecule has 0 bridgehead atoms. The van der Waals surface area contributed by atoms with E-state index in [1.54, 1.807) is 42.5 Å². The van der Waals surface area contributed by atoms with Crippen LogP contribution >= 0.6 is 23.2 Å². The van der Waals surface area contributed by atoms with E-state index in [0.29, 0.717) is 27.0 Å². The van der Waals surface area contributed by atoms with Crippen molar-refractivity contribution in [3.8, 4) is 0 Å². The highest BCUT2D eigenvalue weighted by molar-refractivity contribution is 6.39.